The van der Waals surface area contributed by atoms with Gasteiger partial charge in [0.05, 0.1) is 23.4 Å². The van der Waals surface area contributed by atoms with Crippen LogP contribution >= 0.6 is 0 Å². The number of nitrogens with one attached hydrogen (secondary N) is 1. The Morgan fingerprint density at radius 3 is 2.34 bits per heavy atom. The third-order valence-corrected chi connectivity index (χ3v) is 6.15. The Bertz CT molecular complexity index is 1220. The molecule has 0 unspecified atom stereocenters. The number of anilines is 2. The third kappa shape index (κ3) is 3.42. The molecular weight excluding hydrogens is 392 g/mol. The smallest absolute Gasteiger partial charge is 0.261 e. The van der Waals surface area contributed by atoms with E-state index in [-0.39, 0.29) is 41.0 Å². The van der Waals surface area contributed by atoms with Crippen molar-refractivity contribution in [1.82, 2.24) is 0 Å². The van der Waals surface area contributed by atoms with Gasteiger partial charge < -0.3 is 4.74 Å². The zero-order chi connectivity index (χ0) is 20.6. The number of hydrogen-bond acceptors (Lipinski definition) is 5. The van der Waals surface area contributed by atoms with Crippen LogP contribution in [0, 0.1) is 0 Å². The van der Waals surface area contributed by atoms with Crippen molar-refractivity contribution >= 4 is 44.0 Å². The number of methoxy groups -OCH3 is 1. The number of hydrogen-bond donors (Lipinski definition) is 1. The van der Waals surface area contributed by atoms with Crippen molar-refractivity contribution in [3.63, 3.8) is 0 Å². The lowest BCUT2D eigenvalue weighted by Crippen LogP contribution is -2.29. The predicted molar refractivity (Wildman–Crippen MR) is 109 cm³/mol. The number of imide groups is 1. The standard InChI is InChI=1S/C21H18N2O5S/c1-28-19-10-9-15(13-18(19)23-20(24)11-12-21(23)25)29(26,27)22-17-8-4-6-14-5-2-3-7-16(14)17/h2-10,13,22H,11-12H2,1H3. The van der Waals surface area contributed by atoms with Gasteiger partial charge in [-0.15, -0.1) is 0 Å². The molecule has 0 spiro atoms. The zero-order valence-corrected chi connectivity index (χ0v) is 16.4. The van der Waals surface area contributed by atoms with Gasteiger partial charge in [-0.2, -0.15) is 0 Å². The van der Waals surface area contributed by atoms with Gasteiger partial charge in [0.25, 0.3) is 10.0 Å². The summed E-state index contributed by atoms with van der Waals surface area (Å²) in [7, 11) is -2.58. The number of amides is 2. The summed E-state index contributed by atoms with van der Waals surface area (Å²) >= 11 is 0. The summed E-state index contributed by atoms with van der Waals surface area (Å²) in [6.45, 7) is 0. The molecule has 1 fully saturated rings. The SMILES string of the molecule is COc1ccc(S(=O)(=O)Nc2cccc3ccccc23)cc1N1C(=O)CCC1=O. The first-order valence-corrected chi connectivity index (χ1v) is 10.4. The fraction of sp³-hybridized carbons (Fsp3) is 0.143. The van der Waals surface area contributed by atoms with Gasteiger partial charge in [-0.1, -0.05) is 36.4 Å². The lowest BCUT2D eigenvalue weighted by atomic mass is 10.1. The van der Waals surface area contributed by atoms with E-state index >= 15 is 0 Å². The number of rotatable bonds is 5. The molecule has 3 aromatic carbocycles. The molecule has 3 aromatic rings. The first-order valence-electron chi connectivity index (χ1n) is 8.95. The van der Waals surface area contributed by atoms with Crippen LogP contribution < -0.4 is 14.4 Å². The van der Waals surface area contributed by atoms with E-state index in [0.717, 1.165) is 15.7 Å². The summed E-state index contributed by atoms with van der Waals surface area (Å²) in [5.74, 6) is -0.521. The number of ether oxygens (including phenoxy) is 1. The van der Waals surface area contributed by atoms with Crippen LogP contribution in [-0.4, -0.2) is 27.3 Å². The Hall–Kier alpha value is -3.39. The fourth-order valence-corrected chi connectivity index (χ4v) is 4.47. The molecule has 0 aliphatic carbocycles. The average Bonchev–Trinajstić information content (AvgIpc) is 3.05. The van der Waals surface area contributed by atoms with Gasteiger partial charge in [0.2, 0.25) is 11.8 Å². The Morgan fingerprint density at radius 1 is 0.931 bits per heavy atom. The van der Waals surface area contributed by atoms with Crippen molar-refractivity contribution < 1.29 is 22.7 Å². The Labute approximate surface area is 167 Å². The fourth-order valence-electron chi connectivity index (χ4n) is 3.38. The second-order valence-corrected chi connectivity index (χ2v) is 8.27. The van der Waals surface area contributed by atoms with Gasteiger partial charge >= 0.3 is 0 Å². The first kappa shape index (κ1) is 18.9. The minimum atomic E-state index is -3.97. The van der Waals surface area contributed by atoms with Crippen LogP contribution in [0.25, 0.3) is 10.8 Å². The van der Waals surface area contributed by atoms with E-state index in [1.54, 1.807) is 12.1 Å². The highest BCUT2D eigenvalue weighted by atomic mass is 32.2. The number of sulfonamides is 1. The van der Waals surface area contributed by atoms with Crippen LogP contribution in [0.1, 0.15) is 12.8 Å². The van der Waals surface area contributed by atoms with Crippen LogP contribution in [0.5, 0.6) is 5.75 Å². The summed E-state index contributed by atoms with van der Waals surface area (Å²) in [5.41, 5.74) is 0.564. The molecule has 1 heterocycles. The molecule has 0 aromatic heterocycles. The molecule has 2 amide bonds. The zero-order valence-electron chi connectivity index (χ0n) is 15.6. The van der Waals surface area contributed by atoms with E-state index < -0.39 is 10.0 Å². The number of carbonyl (C=O) groups is 2. The van der Waals surface area contributed by atoms with Crippen molar-refractivity contribution in [1.29, 1.82) is 0 Å². The minimum absolute atomic E-state index is 0.0752. The lowest BCUT2D eigenvalue weighted by Gasteiger charge is -2.19. The third-order valence-electron chi connectivity index (χ3n) is 4.79. The van der Waals surface area contributed by atoms with Gasteiger partial charge in [0.1, 0.15) is 5.75 Å². The molecule has 0 bridgehead atoms. The average molecular weight is 410 g/mol. The molecule has 8 heteroatoms. The maximum Gasteiger partial charge on any atom is 0.261 e. The molecule has 148 valence electrons. The molecule has 1 aliphatic rings. The largest absolute Gasteiger partial charge is 0.495 e. The molecule has 29 heavy (non-hydrogen) atoms. The van der Waals surface area contributed by atoms with Crippen molar-refractivity contribution in [2.75, 3.05) is 16.7 Å². The number of carbonyl (C=O) groups excluding carboxylic acids is 2. The van der Waals surface area contributed by atoms with E-state index in [0.29, 0.717) is 5.69 Å². The summed E-state index contributed by atoms with van der Waals surface area (Å²) in [4.78, 5) is 25.2. The maximum absolute atomic E-state index is 13.0. The van der Waals surface area contributed by atoms with Crippen LogP contribution in [-0.2, 0) is 19.6 Å². The Morgan fingerprint density at radius 2 is 1.62 bits per heavy atom. The highest BCUT2D eigenvalue weighted by Crippen LogP contribution is 2.35. The highest BCUT2D eigenvalue weighted by Gasteiger charge is 2.33. The summed E-state index contributed by atoms with van der Waals surface area (Å²) < 4.78 is 33.9. The highest BCUT2D eigenvalue weighted by molar-refractivity contribution is 7.92. The molecule has 0 atom stereocenters. The van der Waals surface area contributed by atoms with Gasteiger partial charge in [-0.3, -0.25) is 14.3 Å². The van der Waals surface area contributed by atoms with E-state index in [1.165, 1.54) is 25.3 Å². The van der Waals surface area contributed by atoms with Gasteiger partial charge in [0, 0.05) is 18.2 Å². The van der Waals surface area contributed by atoms with Gasteiger partial charge in [0.15, 0.2) is 0 Å². The summed E-state index contributed by atoms with van der Waals surface area (Å²) in [5, 5.41) is 1.66. The molecular formula is C21H18N2O5S. The molecule has 4 rings (SSSR count). The monoisotopic (exact) mass is 410 g/mol. The van der Waals surface area contributed by atoms with Crippen molar-refractivity contribution in [2.45, 2.75) is 17.7 Å². The number of benzene rings is 3. The first-order chi connectivity index (χ1) is 13.9. The van der Waals surface area contributed by atoms with Crippen LogP contribution in [0.15, 0.2) is 65.6 Å². The molecule has 7 nitrogen and oxygen atoms in total. The van der Waals surface area contributed by atoms with E-state index in [1.807, 2.05) is 30.3 Å². The van der Waals surface area contributed by atoms with E-state index in [9.17, 15) is 18.0 Å². The summed E-state index contributed by atoms with van der Waals surface area (Å²) in [6, 6.07) is 16.9. The maximum atomic E-state index is 13.0. The minimum Gasteiger partial charge on any atom is -0.495 e. The topological polar surface area (TPSA) is 92.8 Å². The second kappa shape index (κ2) is 7.21. The van der Waals surface area contributed by atoms with Crippen molar-refractivity contribution in [2.24, 2.45) is 0 Å². The van der Waals surface area contributed by atoms with Crippen LogP contribution in [0.2, 0.25) is 0 Å². The summed E-state index contributed by atoms with van der Waals surface area (Å²) in [6.07, 6.45) is 0.181. The van der Waals surface area contributed by atoms with Crippen molar-refractivity contribution in [3.05, 3.63) is 60.7 Å². The predicted octanol–water partition coefficient (Wildman–Crippen LogP) is 3.30. The second-order valence-electron chi connectivity index (χ2n) is 6.59. The molecule has 1 N–H and O–H groups in total. The molecule has 1 aliphatic heterocycles. The van der Waals surface area contributed by atoms with E-state index in [2.05, 4.69) is 4.72 Å². The quantitative estimate of drug-likeness (QED) is 0.652. The molecule has 0 saturated carbocycles. The van der Waals surface area contributed by atoms with E-state index in [4.69, 9.17) is 4.74 Å². The lowest BCUT2D eigenvalue weighted by molar-refractivity contribution is -0.121. The van der Waals surface area contributed by atoms with Crippen LogP contribution in [0.4, 0.5) is 11.4 Å². The van der Waals surface area contributed by atoms with Crippen molar-refractivity contribution in [3.8, 4) is 5.75 Å². The normalized spacial score (nSPS) is 14.4. The van der Waals surface area contributed by atoms with Gasteiger partial charge in [-0.05, 0) is 29.7 Å². The molecule has 0 radical (unpaired) electrons. The molecule has 1 saturated heterocycles. The number of fused-ring (bicyclic) bond motifs is 1. The Balaban J connectivity index is 1.76. The Kier molecular flexibility index (Phi) is 4.71. The number of nitrogens with zero attached hydrogens (tertiary/aromatic N) is 1. The van der Waals surface area contributed by atoms with Crippen LogP contribution in [0.3, 0.4) is 0 Å². The van der Waals surface area contributed by atoms with Gasteiger partial charge in [-0.25, -0.2) is 13.3 Å².